The highest BCUT2D eigenvalue weighted by atomic mass is 35.5. The van der Waals surface area contributed by atoms with Crippen molar-refractivity contribution >= 4 is 29.6 Å². The number of aromatic nitrogens is 3. The smallest absolute Gasteiger partial charge is 0.320 e. The molecule has 0 unspecified atom stereocenters. The third-order valence-electron chi connectivity index (χ3n) is 4.66. The lowest BCUT2D eigenvalue weighted by Crippen LogP contribution is -2.14. The van der Waals surface area contributed by atoms with Gasteiger partial charge < -0.3 is 4.57 Å². The predicted octanol–water partition coefficient (Wildman–Crippen LogP) is 6.24. The molecule has 0 atom stereocenters. The highest BCUT2D eigenvalue weighted by Gasteiger charge is 2.30. The maximum atomic E-state index is 13.7. The highest BCUT2D eigenvalue weighted by molar-refractivity contribution is 7.99. The van der Waals surface area contributed by atoms with E-state index >= 15 is 0 Å². The van der Waals surface area contributed by atoms with Gasteiger partial charge in [0.25, 0.3) is 0 Å². The van der Waals surface area contributed by atoms with E-state index in [-0.39, 0.29) is 11.8 Å². The molecule has 0 bridgehead atoms. The Bertz CT molecular complexity index is 1210. The second-order valence-electron chi connectivity index (χ2n) is 6.74. The van der Waals surface area contributed by atoms with Crippen molar-refractivity contribution in [1.29, 1.82) is 0 Å². The molecule has 0 radical (unpaired) electrons. The maximum Gasteiger partial charge on any atom is 0.327 e. The van der Waals surface area contributed by atoms with Crippen LogP contribution in [-0.2, 0) is 17.8 Å². The van der Waals surface area contributed by atoms with Crippen molar-refractivity contribution in [2.45, 2.75) is 15.8 Å². The average Bonchev–Trinajstić information content (AvgIpc) is 3.12. The Morgan fingerprint density at radius 1 is 1.03 bits per heavy atom. The zero-order chi connectivity index (χ0) is 22.0. The Kier molecular flexibility index (Phi) is 5.89. The van der Waals surface area contributed by atoms with Crippen LogP contribution in [0.4, 0.5) is 8.78 Å². The van der Waals surface area contributed by atoms with Crippen molar-refractivity contribution < 1.29 is 13.6 Å². The first-order valence-corrected chi connectivity index (χ1v) is 10.4. The van der Waals surface area contributed by atoms with Gasteiger partial charge in [-0.1, -0.05) is 53.7 Å². The number of nitrogens with zero attached hydrogens (tertiary/aromatic N) is 3. The van der Waals surface area contributed by atoms with Crippen LogP contribution in [-0.4, -0.2) is 20.8 Å². The number of alkyl halides is 2. The Hall–Kier alpha value is -3.03. The van der Waals surface area contributed by atoms with Gasteiger partial charge in [0.15, 0.2) is 12.1 Å². The minimum Gasteiger partial charge on any atom is -0.320 e. The van der Waals surface area contributed by atoms with Crippen molar-refractivity contribution in [1.82, 2.24) is 14.5 Å². The number of hydrogen-bond donors (Lipinski definition) is 0. The van der Waals surface area contributed by atoms with Gasteiger partial charge in [0.1, 0.15) is 16.4 Å². The summed E-state index contributed by atoms with van der Waals surface area (Å²) in [6.45, 7) is 0. The highest BCUT2D eigenvalue weighted by Crippen LogP contribution is 2.39. The van der Waals surface area contributed by atoms with E-state index in [2.05, 4.69) is 4.98 Å². The molecule has 8 heteroatoms. The number of pyridine rings is 1. The lowest BCUT2D eigenvalue weighted by Gasteiger charge is -2.10. The molecular formula is C23H16ClF2N3OS. The van der Waals surface area contributed by atoms with Crippen LogP contribution < -0.4 is 0 Å². The van der Waals surface area contributed by atoms with Gasteiger partial charge in [0.05, 0.1) is 0 Å². The summed E-state index contributed by atoms with van der Waals surface area (Å²) in [5.74, 6) is -2.88. The van der Waals surface area contributed by atoms with Gasteiger partial charge in [-0.2, -0.15) is 8.78 Å². The number of rotatable bonds is 6. The summed E-state index contributed by atoms with van der Waals surface area (Å²) in [4.78, 5) is 20.8. The quantitative estimate of drug-likeness (QED) is 0.323. The summed E-state index contributed by atoms with van der Waals surface area (Å²) in [7, 11) is 1.88. The number of halogens is 3. The van der Waals surface area contributed by atoms with Gasteiger partial charge >= 0.3 is 5.92 Å². The fourth-order valence-electron chi connectivity index (χ4n) is 3.05. The van der Waals surface area contributed by atoms with Crippen LogP contribution in [0.3, 0.4) is 0 Å². The van der Waals surface area contributed by atoms with Crippen LogP contribution in [0.1, 0.15) is 5.56 Å². The Morgan fingerprint density at radius 2 is 1.74 bits per heavy atom. The summed E-state index contributed by atoms with van der Waals surface area (Å²) in [6.07, 6.45) is 1.33. The molecule has 0 amide bonds. The number of imidazole rings is 1. The van der Waals surface area contributed by atoms with Crippen molar-refractivity contribution in [2.24, 2.45) is 7.05 Å². The van der Waals surface area contributed by atoms with Crippen molar-refractivity contribution in [3.05, 3.63) is 83.5 Å². The molecule has 156 valence electrons. The molecule has 0 N–H and O–H groups in total. The first kappa shape index (κ1) is 21.2. The van der Waals surface area contributed by atoms with Crippen LogP contribution >= 0.6 is 23.4 Å². The van der Waals surface area contributed by atoms with Crippen molar-refractivity contribution in [2.75, 3.05) is 0 Å². The summed E-state index contributed by atoms with van der Waals surface area (Å²) in [5, 5.41) is 1.45. The lowest BCUT2D eigenvalue weighted by molar-refractivity contribution is -0.130. The second kappa shape index (κ2) is 8.61. The summed E-state index contributed by atoms with van der Waals surface area (Å²) < 4.78 is 29.3. The Labute approximate surface area is 186 Å². The minimum absolute atomic E-state index is 0.357. The first-order valence-electron chi connectivity index (χ1n) is 9.25. The molecule has 4 rings (SSSR count). The molecule has 4 nitrogen and oxygen atoms in total. The zero-order valence-electron chi connectivity index (χ0n) is 16.3. The average molecular weight is 456 g/mol. The van der Waals surface area contributed by atoms with Gasteiger partial charge in [0, 0.05) is 34.3 Å². The molecule has 4 aromatic rings. The maximum absolute atomic E-state index is 13.7. The molecule has 0 saturated carbocycles. The number of aldehydes is 1. The van der Waals surface area contributed by atoms with E-state index in [1.54, 1.807) is 30.5 Å². The minimum atomic E-state index is -3.53. The lowest BCUT2D eigenvalue weighted by atomic mass is 10.1. The molecule has 0 fully saturated rings. The van der Waals surface area contributed by atoms with E-state index in [9.17, 15) is 13.6 Å². The van der Waals surface area contributed by atoms with Crippen molar-refractivity contribution in [3.8, 4) is 22.8 Å². The van der Waals surface area contributed by atoms with Gasteiger partial charge in [-0.15, -0.1) is 0 Å². The third kappa shape index (κ3) is 4.38. The van der Waals surface area contributed by atoms with E-state index in [1.807, 2.05) is 41.9 Å². The van der Waals surface area contributed by atoms with Crippen LogP contribution in [0.25, 0.3) is 22.8 Å². The molecular weight excluding hydrogens is 440 g/mol. The van der Waals surface area contributed by atoms with Crippen LogP contribution in [0.5, 0.6) is 0 Å². The van der Waals surface area contributed by atoms with Crippen molar-refractivity contribution in [3.63, 3.8) is 0 Å². The van der Waals surface area contributed by atoms with Crippen LogP contribution in [0.15, 0.2) is 82.8 Å². The molecule has 0 spiro atoms. The van der Waals surface area contributed by atoms with E-state index in [1.165, 1.54) is 23.9 Å². The molecule has 0 saturated heterocycles. The summed E-state index contributed by atoms with van der Waals surface area (Å²) >= 11 is 7.48. The Balaban J connectivity index is 1.82. The van der Waals surface area contributed by atoms with Crippen LogP contribution in [0.2, 0.25) is 5.02 Å². The fraction of sp³-hybridized carbons (Fsp3) is 0.0870. The third-order valence-corrected chi connectivity index (χ3v) is 6.08. The number of carbonyl (C=O) groups is 1. The van der Waals surface area contributed by atoms with E-state index in [0.717, 1.165) is 9.92 Å². The van der Waals surface area contributed by atoms with E-state index < -0.39 is 5.92 Å². The van der Waals surface area contributed by atoms with E-state index in [4.69, 9.17) is 16.6 Å². The molecule has 0 aliphatic heterocycles. The summed E-state index contributed by atoms with van der Waals surface area (Å²) in [6, 6.07) is 18.5. The summed E-state index contributed by atoms with van der Waals surface area (Å²) in [5.41, 5.74) is 1.61. The van der Waals surface area contributed by atoms with Gasteiger partial charge in [0.2, 0.25) is 0 Å². The molecule has 2 aromatic carbocycles. The molecule has 31 heavy (non-hydrogen) atoms. The largest absolute Gasteiger partial charge is 0.327 e. The normalized spacial score (nSPS) is 11.5. The fourth-order valence-corrected chi connectivity index (χ4v) is 4.15. The van der Waals surface area contributed by atoms with Crippen LogP contribution in [0, 0.1) is 0 Å². The number of carbonyl (C=O) groups excluding carboxylic acids is 1. The topological polar surface area (TPSA) is 47.8 Å². The standard InChI is InChI=1S/C23H16ClF2N3OS/c1-29-21(19-4-2-3-13-27-19)28-20(22(29)31-18-11-9-17(24)10-12-18)15-5-7-16(8-6-15)23(25,26)14-30/h2-14H,1H3. The monoisotopic (exact) mass is 455 g/mol. The van der Waals surface area contributed by atoms with E-state index in [0.29, 0.717) is 27.8 Å². The first-order chi connectivity index (χ1) is 14.9. The number of hydrogen-bond acceptors (Lipinski definition) is 4. The van der Waals surface area contributed by atoms with Gasteiger partial charge in [-0.05, 0) is 36.4 Å². The second-order valence-corrected chi connectivity index (χ2v) is 8.24. The van der Waals surface area contributed by atoms with Gasteiger partial charge in [-0.3, -0.25) is 9.78 Å². The zero-order valence-corrected chi connectivity index (χ0v) is 17.9. The molecule has 0 aliphatic rings. The van der Waals surface area contributed by atoms with Gasteiger partial charge in [-0.25, -0.2) is 4.98 Å². The Morgan fingerprint density at radius 3 is 2.35 bits per heavy atom. The molecule has 2 aromatic heterocycles. The SMILES string of the molecule is Cn1c(-c2ccccn2)nc(-c2ccc(C(F)(F)C=O)cc2)c1Sc1ccc(Cl)cc1. The molecule has 0 aliphatic carbocycles. The number of benzene rings is 2. The predicted molar refractivity (Wildman–Crippen MR) is 117 cm³/mol. The molecule has 2 heterocycles.